The van der Waals surface area contributed by atoms with Crippen LogP contribution in [0.15, 0.2) is 64.5 Å². The van der Waals surface area contributed by atoms with Gasteiger partial charge in [-0.3, -0.25) is 0 Å². The Hall–Kier alpha value is -3.01. The predicted molar refractivity (Wildman–Crippen MR) is 137 cm³/mol. The Morgan fingerprint density at radius 1 is 1.09 bits per heavy atom. The second-order valence-corrected chi connectivity index (χ2v) is 9.23. The number of methoxy groups -OCH3 is 1. The molecule has 8 nitrogen and oxygen atoms in total. The number of rotatable bonds is 10. The lowest BCUT2D eigenvalue weighted by atomic mass is 10.2. The van der Waals surface area contributed by atoms with Crippen LogP contribution < -0.4 is 25.4 Å². The highest BCUT2D eigenvalue weighted by atomic mass is 32.2. The molecular formula is C25H32N6O2S. The van der Waals surface area contributed by atoms with E-state index in [0.717, 1.165) is 59.5 Å². The SMILES string of the molecule is COc1ccc(COc2nc(N3CCN(C)CC3)ncc2Sc2cccc(NCCN)c2)cc1. The van der Waals surface area contributed by atoms with E-state index in [9.17, 15) is 0 Å². The molecule has 4 rings (SSSR count). The van der Waals surface area contributed by atoms with Crippen LogP contribution in [0, 0.1) is 0 Å². The Morgan fingerprint density at radius 2 is 1.88 bits per heavy atom. The van der Waals surface area contributed by atoms with Gasteiger partial charge in [-0.2, -0.15) is 4.98 Å². The van der Waals surface area contributed by atoms with Crippen molar-refractivity contribution in [2.24, 2.45) is 5.73 Å². The lowest BCUT2D eigenvalue weighted by molar-refractivity contribution is 0.283. The van der Waals surface area contributed by atoms with Gasteiger partial charge in [0, 0.05) is 49.9 Å². The molecule has 34 heavy (non-hydrogen) atoms. The van der Waals surface area contributed by atoms with Crippen molar-refractivity contribution < 1.29 is 9.47 Å². The van der Waals surface area contributed by atoms with E-state index >= 15 is 0 Å². The first kappa shape index (κ1) is 24.1. The van der Waals surface area contributed by atoms with Crippen LogP contribution in [0.1, 0.15) is 5.56 Å². The molecule has 0 unspecified atom stereocenters. The van der Waals surface area contributed by atoms with E-state index in [1.807, 2.05) is 42.6 Å². The summed E-state index contributed by atoms with van der Waals surface area (Å²) in [5, 5.41) is 3.33. The number of piperazine rings is 1. The fourth-order valence-electron chi connectivity index (χ4n) is 3.57. The number of nitrogens with zero attached hydrogens (tertiary/aromatic N) is 4. The smallest absolute Gasteiger partial charge is 0.232 e. The van der Waals surface area contributed by atoms with E-state index < -0.39 is 0 Å². The Kier molecular flexibility index (Phi) is 8.46. The molecule has 1 saturated heterocycles. The average Bonchev–Trinajstić information content (AvgIpc) is 2.88. The summed E-state index contributed by atoms with van der Waals surface area (Å²) in [6.45, 7) is 5.50. The molecule has 1 aromatic heterocycles. The first-order valence-electron chi connectivity index (χ1n) is 11.4. The van der Waals surface area contributed by atoms with E-state index in [0.29, 0.717) is 25.0 Å². The van der Waals surface area contributed by atoms with Crippen molar-refractivity contribution in [1.82, 2.24) is 14.9 Å². The van der Waals surface area contributed by atoms with Crippen LogP contribution in [0.2, 0.25) is 0 Å². The zero-order valence-electron chi connectivity index (χ0n) is 19.7. The van der Waals surface area contributed by atoms with E-state index in [1.165, 1.54) is 0 Å². The largest absolute Gasteiger partial charge is 0.497 e. The Morgan fingerprint density at radius 3 is 2.62 bits per heavy atom. The highest BCUT2D eigenvalue weighted by Crippen LogP contribution is 2.35. The maximum Gasteiger partial charge on any atom is 0.232 e. The molecule has 2 aromatic carbocycles. The number of aromatic nitrogens is 2. The number of benzene rings is 2. The first-order chi connectivity index (χ1) is 16.6. The summed E-state index contributed by atoms with van der Waals surface area (Å²) in [4.78, 5) is 16.0. The average molecular weight is 481 g/mol. The molecule has 1 aliphatic heterocycles. The summed E-state index contributed by atoms with van der Waals surface area (Å²) in [5.74, 6) is 2.12. The number of nitrogens with two attached hydrogens (primary N) is 1. The zero-order valence-corrected chi connectivity index (χ0v) is 20.6. The predicted octanol–water partition coefficient (Wildman–Crippen LogP) is 3.34. The van der Waals surface area contributed by atoms with Crippen molar-refractivity contribution in [1.29, 1.82) is 0 Å². The molecule has 0 saturated carbocycles. The fraction of sp³-hybridized carbons (Fsp3) is 0.360. The van der Waals surface area contributed by atoms with Gasteiger partial charge in [-0.05, 0) is 42.9 Å². The van der Waals surface area contributed by atoms with Gasteiger partial charge in [0.15, 0.2) is 0 Å². The quantitative estimate of drug-likeness (QED) is 0.453. The van der Waals surface area contributed by atoms with Crippen molar-refractivity contribution in [2.45, 2.75) is 16.4 Å². The third-order valence-electron chi connectivity index (χ3n) is 5.57. The highest BCUT2D eigenvalue weighted by molar-refractivity contribution is 7.99. The molecule has 0 aliphatic carbocycles. The van der Waals surface area contributed by atoms with Crippen LogP contribution in [0.25, 0.3) is 0 Å². The van der Waals surface area contributed by atoms with Crippen molar-refractivity contribution >= 4 is 23.4 Å². The first-order valence-corrected chi connectivity index (χ1v) is 12.2. The second kappa shape index (κ2) is 11.9. The third-order valence-corrected chi connectivity index (χ3v) is 6.56. The fourth-order valence-corrected chi connectivity index (χ4v) is 4.45. The van der Waals surface area contributed by atoms with Gasteiger partial charge in [0.2, 0.25) is 11.8 Å². The third kappa shape index (κ3) is 6.53. The van der Waals surface area contributed by atoms with Gasteiger partial charge in [-0.25, -0.2) is 4.98 Å². The molecule has 180 valence electrons. The molecule has 0 spiro atoms. The number of likely N-dealkylation sites (N-methyl/N-ethyl adjacent to an activating group) is 1. The van der Waals surface area contributed by atoms with Crippen molar-refractivity contribution in [3.63, 3.8) is 0 Å². The lowest BCUT2D eigenvalue weighted by Crippen LogP contribution is -2.45. The van der Waals surface area contributed by atoms with Gasteiger partial charge in [0.1, 0.15) is 12.4 Å². The monoisotopic (exact) mass is 480 g/mol. The van der Waals surface area contributed by atoms with Crippen molar-refractivity contribution in [3.05, 3.63) is 60.3 Å². The van der Waals surface area contributed by atoms with Gasteiger partial charge in [-0.15, -0.1) is 0 Å². The van der Waals surface area contributed by atoms with Crippen LogP contribution in [-0.4, -0.2) is 68.3 Å². The van der Waals surface area contributed by atoms with Crippen molar-refractivity contribution in [2.75, 3.05) is 63.6 Å². The Balaban J connectivity index is 1.55. The maximum atomic E-state index is 6.23. The summed E-state index contributed by atoms with van der Waals surface area (Å²) >= 11 is 1.59. The number of ether oxygens (including phenoxy) is 2. The van der Waals surface area contributed by atoms with Gasteiger partial charge in [0.05, 0.1) is 18.2 Å². The minimum Gasteiger partial charge on any atom is -0.497 e. The van der Waals surface area contributed by atoms with Crippen LogP contribution in [0.4, 0.5) is 11.6 Å². The van der Waals surface area contributed by atoms with E-state index in [4.69, 9.17) is 20.2 Å². The van der Waals surface area contributed by atoms with Crippen LogP contribution >= 0.6 is 11.8 Å². The lowest BCUT2D eigenvalue weighted by Gasteiger charge is -2.32. The second-order valence-electron chi connectivity index (χ2n) is 8.11. The number of nitrogens with one attached hydrogen (secondary N) is 1. The molecule has 0 bridgehead atoms. The number of hydrogen-bond acceptors (Lipinski definition) is 9. The van der Waals surface area contributed by atoms with Gasteiger partial charge >= 0.3 is 0 Å². The Bertz CT molecular complexity index is 1060. The van der Waals surface area contributed by atoms with Crippen LogP contribution in [-0.2, 0) is 6.61 Å². The summed E-state index contributed by atoms with van der Waals surface area (Å²) in [6, 6.07) is 16.1. The van der Waals surface area contributed by atoms with E-state index in [2.05, 4.69) is 39.3 Å². The number of anilines is 2. The molecule has 0 atom stereocenters. The minimum atomic E-state index is 0.412. The standard InChI is InChI=1S/C25H32N6O2S/c1-30-12-14-31(15-13-30)25-28-17-23(34-22-5-3-4-20(16-22)27-11-10-26)24(29-25)33-18-19-6-8-21(32-2)9-7-19/h3-9,16-17,27H,10-15,18,26H2,1-2H3. The van der Waals surface area contributed by atoms with Gasteiger partial charge < -0.3 is 30.3 Å². The van der Waals surface area contributed by atoms with E-state index in [1.54, 1.807) is 18.9 Å². The van der Waals surface area contributed by atoms with E-state index in [-0.39, 0.29) is 0 Å². The molecule has 3 N–H and O–H groups in total. The molecule has 9 heteroatoms. The Labute approximate surface area is 205 Å². The van der Waals surface area contributed by atoms with Gasteiger partial charge in [0.25, 0.3) is 0 Å². The minimum absolute atomic E-state index is 0.412. The normalized spacial score (nSPS) is 14.1. The number of hydrogen-bond donors (Lipinski definition) is 2. The molecule has 0 radical (unpaired) electrons. The van der Waals surface area contributed by atoms with Crippen molar-refractivity contribution in [3.8, 4) is 11.6 Å². The highest BCUT2D eigenvalue weighted by Gasteiger charge is 2.19. The topological polar surface area (TPSA) is 88.8 Å². The van der Waals surface area contributed by atoms with Crippen LogP contribution in [0.5, 0.6) is 11.6 Å². The summed E-state index contributed by atoms with van der Waals surface area (Å²) in [6.07, 6.45) is 1.87. The summed E-state index contributed by atoms with van der Waals surface area (Å²) < 4.78 is 11.5. The molecule has 1 aliphatic rings. The van der Waals surface area contributed by atoms with Gasteiger partial charge in [-0.1, -0.05) is 30.0 Å². The summed E-state index contributed by atoms with van der Waals surface area (Å²) in [5.41, 5.74) is 7.70. The van der Waals surface area contributed by atoms with Crippen LogP contribution in [0.3, 0.4) is 0 Å². The molecule has 1 fully saturated rings. The molecular weight excluding hydrogens is 448 g/mol. The molecule has 2 heterocycles. The molecule has 3 aromatic rings. The molecule has 0 amide bonds. The maximum absolute atomic E-state index is 6.23. The zero-order chi connectivity index (χ0) is 23.8. The summed E-state index contributed by atoms with van der Waals surface area (Å²) in [7, 11) is 3.80.